The molecular weight excluding hydrogens is 344 g/mol. The van der Waals surface area contributed by atoms with Crippen LogP contribution in [0.3, 0.4) is 0 Å². The highest BCUT2D eigenvalue weighted by molar-refractivity contribution is 5.95. The summed E-state index contributed by atoms with van der Waals surface area (Å²) in [6, 6.07) is 10.2. The van der Waals surface area contributed by atoms with Crippen LogP contribution in [0.2, 0.25) is 0 Å². The molecule has 1 amide bonds. The molecule has 0 aliphatic rings. The topological polar surface area (TPSA) is 66.7 Å². The number of rotatable bonds is 7. The van der Waals surface area contributed by atoms with E-state index in [4.69, 9.17) is 0 Å². The summed E-state index contributed by atoms with van der Waals surface area (Å²) < 4.78 is 28.1. The first-order chi connectivity index (χ1) is 12.3. The van der Waals surface area contributed by atoms with Crippen LogP contribution in [0.25, 0.3) is 0 Å². The summed E-state index contributed by atoms with van der Waals surface area (Å²) in [5.74, 6) is -3.16. The molecule has 2 rings (SSSR count). The molecule has 0 radical (unpaired) electrons. The zero-order chi connectivity index (χ0) is 19.3. The van der Waals surface area contributed by atoms with Gasteiger partial charge < -0.3 is 9.80 Å². The minimum Gasteiger partial charge on any atom is -0.333 e. The van der Waals surface area contributed by atoms with Gasteiger partial charge in [0.2, 0.25) is 5.82 Å². The third-order valence-corrected chi connectivity index (χ3v) is 3.77. The fourth-order valence-corrected chi connectivity index (χ4v) is 2.41. The normalized spacial score (nSPS) is 10.8. The van der Waals surface area contributed by atoms with Crippen LogP contribution < -0.4 is 0 Å². The molecule has 26 heavy (non-hydrogen) atoms. The standard InChI is InChI=1S/C18H19F2N3O3/c1-21(2)8-9-22(12-13-6-4-3-5-7-13)18(24)15-10-14(19)11-16(17(15)20)23(25)26/h3-7,10-11H,8-9,12H2,1-2H3. The van der Waals surface area contributed by atoms with Crippen molar-refractivity contribution in [3.8, 4) is 0 Å². The van der Waals surface area contributed by atoms with Gasteiger partial charge in [-0.2, -0.15) is 4.39 Å². The predicted octanol–water partition coefficient (Wildman–Crippen LogP) is 3.08. The highest BCUT2D eigenvalue weighted by Crippen LogP contribution is 2.24. The Labute approximate surface area is 149 Å². The van der Waals surface area contributed by atoms with E-state index in [1.165, 1.54) is 4.90 Å². The quantitative estimate of drug-likeness (QED) is 0.560. The van der Waals surface area contributed by atoms with Crippen molar-refractivity contribution in [1.82, 2.24) is 9.80 Å². The van der Waals surface area contributed by atoms with E-state index in [1.54, 1.807) is 24.3 Å². The highest BCUT2D eigenvalue weighted by atomic mass is 19.1. The van der Waals surface area contributed by atoms with Crippen molar-refractivity contribution in [1.29, 1.82) is 0 Å². The average molecular weight is 363 g/mol. The minimum atomic E-state index is -1.33. The van der Waals surface area contributed by atoms with Crippen LogP contribution in [-0.4, -0.2) is 47.8 Å². The van der Waals surface area contributed by atoms with E-state index in [0.717, 1.165) is 5.56 Å². The van der Waals surface area contributed by atoms with Crippen molar-refractivity contribution >= 4 is 11.6 Å². The van der Waals surface area contributed by atoms with E-state index in [2.05, 4.69) is 0 Å². The highest BCUT2D eigenvalue weighted by Gasteiger charge is 2.27. The Morgan fingerprint density at radius 1 is 1.12 bits per heavy atom. The van der Waals surface area contributed by atoms with Crippen LogP contribution in [0.5, 0.6) is 0 Å². The molecule has 0 aromatic heterocycles. The number of amides is 1. The smallest absolute Gasteiger partial charge is 0.308 e. The molecule has 8 heteroatoms. The van der Waals surface area contributed by atoms with Crippen molar-refractivity contribution in [3.63, 3.8) is 0 Å². The maximum Gasteiger partial charge on any atom is 0.308 e. The lowest BCUT2D eigenvalue weighted by atomic mass is 10.1. The summed E-state index contributed by atoms with van der Waals surface area (Å²) in [6.45, 7) is 0.930. The molecule has 0 heterocycles. The lowest BCUT2D eigenvalue weighted by Gasteiger charge is -2.25. The number of carbonyl (C=O) groups excluding carboxylic acids is 1. The molecule has 0 saturated heterocycles. The number of nitro groups is 1. The Morgan fingerprint density at radius 2 is 1.77 bits per heavy atom. The van der Waals surface area contributed by atoms with Crippen molar-refractivity contribution in [2.45, 2.75) is 6.54 Å². The van der Waals surface area contributed by atoms with E-state index in [-0.39, 0.29) is 13.1 Å². The number of nitro benzene ring substituents is 1. The fraction of sp³-hybridized carbons (Fsp3) is 0.278. The van der Waals surface area contributed by atoms with Gasteiger partial charge in [-0.3, -0.25) is 14.9 Å². The molecule has 0 fully saturated rings. The number of carbonyl (C=O) groups is 1. The second-order valence-corrected chi connectivity index (χ2v) is 6.06. The second kappa shape index (κ2) is 8.48. The third-order valence-electron chi connectivity index (χ3n) is 3.77. The first-order valence-electron chi connectivity index (χ1n) is 7.91. The first kappa shape index (κ1) is 19.5. The summed E-state index contributed by atoms with van der Waals surface area (Å²) in [5.41, 5.74) is -0.891. The zero-order valence-electron chi connectivity index (χ0n) is 14.5. The summed E-state index contributed by atoms with van der Waals surface area (Å²) in [7, 11) is 3.64. The summed E-state index contributed by atoms with van der Waals surface area (Å²) in [6.07, 6.45) is 0. The SMILES string of the molecule is CN(C)CCN(Cc1ccccc1)C(=O)c1cc(F)cc([N+](=O)[O-])c1F. The van der Waals surface area contributed by atoms with Crippen molar-refractivity contribution in [2.75, 3.05) is 27.2 Å². The van der Waals surface area contributed by atoms with Crippen molar-refractivity contribution < 1.29 is 18.5 Å². The molecule has 0 N–H and O–H groups in total. The maximum atomic E-state index is 14.4. The largest absolute Gasteiger partial charge is 0.333 e. The number of halogens is 2. The Bertz CT molecular complexity index is 798. The number of hydrogen-bond acceptors (Lipinski definition) is 4. The Hall–Kier alpha value is -2.87. The lowest BCUT2D eigenvalue weighted by Crippen LogP contribution is -2.36. The number of likely N-dealkylation sites (N-methyl/N-ethyl adjacent to an activating group) is 1. The molecular formula is C18H19F2N3O3. The van der Waals surface area contributed by atoms with E-state index in [1.807, 2.05) is 25.1 Å². The monoisotopic (exact) mass is 363 g/mol. The Balaban J connectivity index is 2.38. The van der Waals surface area contributed by atoms with E-state index >= 15 is 0 Å². The van der Waals surface area contributed by atoms with Gasteiger partial charge in [0, 0.05) is 19.6 Å². The number of hydrogen-bond donors (Lipinski definition) is 0. The lowest BCUT2D eigenvalue weighted by molar-refractivity contribution is -0.387. The van der Waals surface area contributed by atoms with Gasteiger partial charge in [0.1, 0.15) is 5.82 Å². The second-order valence-electron chi connectivity index (χ2n) is 6.06. The molecule has 6 nitrogen and oxygen atoms in total. The molecule has 0 aliphatic carbocycles. The van der Waals surface area contributed by atoms with Gasteiger partial charge >= 0.3 is 5.69 Å². The van der Waals surface area contributed by atoms with Crippen molar-refractivity contribution in [2.24, 2.45) is 0 Å². The Kier molecular flexibility index (Phi) is 6.35. The van der Waals surface area contributed by atoms with Gasteiger partial charge in [-0.25, -0.2) is 4.39 Å². The van der Waals surface area contributed by atoms with Crippen LogP contribution >= 0.6 is 0 Å². The summed E-state index contributed by atoms with van der Waals surface area (Å²) in [4.78, 5) is 25.8. The van der Waals surface area contributed by atoms with Crippen LogP contribution in [0.4, 0.5) is 14.5 Å². The van der Waals surface area contributed by atoms with Gasteiger partial charge in [0.25, 0.3) is 5.91 Å². The van der Waals surface area contributed by atoms with Crippen LogP contribution in [0.15, 0.2) is 42.5 Å². The molecule has 0 atom stereocenters. The molecule has 0 unspecified atom stereocenters. The number of nitrogens with zero attached hydrogens (tertiary/aromatic N) is 3. The van der Waals surface area contributed by atoms with E-state index in [0.29, 0.717) is 18.7 Å². The molecule has 0 bridgehead atoms. The zero-order valence-corrected chi connectivity index (χ0v) is 14.5. The van der Waals surface area contributed by atoms with Gasteiger partial charge in [0.05, 0.1) is 16.6 Å². The van der Waals surface area contributed by atoms with Gasteiger partial charge in [-0.1, -0.05) is 30.3 Å². The average Bonchev–Trinajstić information content (AvgIpc) is 2.60. The Morgan fingerprint density at radius 3 is 2.35 bits per heavy atom. The maximum absolute atomic E-state index is 14.4. The van der Waals surface area contributed by atoms with Crippen molar-refractivity contribution in [3.05, 3.63) is 75.3 Å². The number of benzene rings is 2. The molecule has 0 saturated carbocycles. The predicted molar refractivity (Wildman–Crippen MR) is 92.7 cm³/mol. The fourth-order valence-electron chi connectivity index (χ4n) is 2.41. The molecule has 2 aromatic carbocycles. The van der Waals surface area contributed by atoms with Gasteiger partial charge in [0.15, 0.2) is 0 Å². The minimum absolute atomic E-state index is 0.178. The van der Waals surface area contributed by atoms with Gasteiger partial charge in [-0.15, -0.1) is 0 Å². The van der Waals surface area contributed by atoms with E-state index in [9.17, 15) is 23.7 Å². The molecule has 0 aliphatic heterocycles. The van der Waals surface area contributed by atoms with Crippen LogP contribution in [-0.2, 0) is 6.54 Å². The van der Waals surface area contributed by atoms with Gasteiger partial charge in [-0.05, 0) is 25.7 Å². The first-order valence-corrected chi connectivity index (χ1v) is 7.91. The van der Waals surface area contributed by atoms with Crippen LogP contribution in [0.1, 0.15) is 15.9 Å². The summed E-state index contributed by atoms with van der Waals surface area (Å²) in [5, 5.41) is 10.9. The van der Waals surface area contributed by atoms with E-state index < -0.39 is 33.7 Å². The summed E-state index contributed by atoms with van der Waals surface area (Å²) >= 11 is 0. The molecule has 0 spiro atoms. The van der Waals surface area contributed by atoms with Crippen LogP contribution in [0, 0.1) is 21.7 Å². The third kappa shape index (κ3) is 4.82. The molecule has 2 aromatic rings. The molecule has 138 valence electrons.